The molecular weight excluding hydrogens is 412 g/mol. The van der Waals surface area contributed by atoms with Gasteiger partial charge in [-0.3, -0.25) is 9.69 Å². The van der Waals surface area contributed by atoms with Crippen molar-refractivity contribution >= 4 is 22.5 Å². The highest BCUT2D eigenvalue weighted by atomic mass is 16.5. The van der Waals surface area contributed by atoms with Crippen LogP contribution in [0.25, 0.3) is 10.8 Å². The fraction of sp³-hybridized carbons (Fsp3) is 0.519. The van der Waals surface area contributed by atoms with Gasteiger partial charge < -0.3 is 9.84 Å². The zero-order valence-corrected chi connectivity index (χ0v) is 19.7. The second-order valence-corrected chi connectivity index (χ2v) is 9.79. The van der Waals surface area contributed by atoms with Crippen molar-refractivity contribution in [3.8, 4) is 0 Å². The van der Waals surface area contributed by atoms with E-state index in [1.54, 1.807) is 0 Å². The van der Waals surface area contributed by atoms with Gasteiger partial charge in [0.25, 0.3) is 0 Å². The summed E-state index contributed by atoms with van der Waals surface area (Å²) in [6, 6.07) is 10.5. The van der Waals surface area contributed by atoms with Crippen molar-refractivity contribution in [3.05, 3.63) is 53.5 Å². The molecule has 0 bridgehead atoms. The van der Waals surface area contributed by atoms with E-state index in [2.05, 4.69) is 40.5 Å². The minimum atomic E-state index is 0.0228. The molecule has 174 valence electrons. The van der Waals surface area contributed by atoms with Crippen LogP contribution < -0.4 is 10.2 Å². The number of carbonyl (C=O) groups excluding carboxylic acids is 1. The monoisotopic (exact) mass is 446 g/mol. The number of carbonyl (C=O) groups is 1. The van der Waals surface area contributed by atoms with E-state index in [9.17, 15) is 4.79 Å². The van der Waals surface area contributed by atoms with E-state index in [0.717, 1.165) is 86.1 Å². The van der Waals surface area contributed by atoms with Crippen LogP contribution in [-0.4, -0.2) is 35.2 Å². The minimum Gasteiger partial charge on any atom is -0.361 e. The molecule has 2 aromatic heterocycles. The van der Waals surface area contributed by atoms with Crippen LogP contribution in [0.5, 0.6) is 0 Å². The molecule has 6 nitrogen and oxygen atoms in total. The number of hydrogen-bond acceptors (Lipinski definition) is 5. The van der Waals surface area contributed by atoms with Gasteiger partial charge in [-0.2, -0.15) is 0 Å². The fourth-order valence-corrected chi connectivity index (χ4v) is 5.65. The van der Waals surface area contributed by atoms with E-state index >= 15 is 0 Å². The Bertz CT molecular complexity index is 1100. The van der Waals surface area contributed by atoms with Gasteiger partial charge in [-0.1, -0.05) is 29.8 Å². The van der Waals surface area contributed by atoms with Crippen LogP contribution >= 0.6 is 0 Å². The first-order valence-electron chi connectivity index (χ1n) is 12.4. The first-order valence-corrected chi connectivity index (χ1v) is 12.4. The van der Waals surface area contributed by atoms with Gasteiger partial charge in [-0.25, -0.2) is 4.98 Å². The number of rotatable bonds is 4. The number of nitrogens with one attached hydrogen (secondary N) is 1. The van der Waals surface area contributed by atoms with Gasteiger partial charge in [0.2, 0.25) is 5.91 Å². The number of benzene rings is 1. The lowest BCUT2D eigenvalue weighted by molar-refractivity contribution is -0.124. The number of nitrogens with zero attached hydrogens (tertiary/aromatic N) is 3. The Hall–Kier alpha value is -2.73. The average molecular weight is 447 g/mol. The van der Waals surface area contributed by atoms with Gasteiger partial charge >= 0.3 is 0 Å². The predicted octanol–water partition coefficient (Wildman–Crippen LogP) is 5.29. The second-order valence-electron chi connectivity index (χ2n) is 9.79. The summed E-state index contributed by atoms with van der Waals surface area (Å²) in [5.74, 6) is 2.42. The van der Waals surface area contributed by atoms with Crippen LogP contribution in [0.2, 0.25) is 0 Å². The van der Waals surface area contributed by atoms with Crippen LogP contribution in [0.1, 0.15) is 67.9 Å². The number of hydrogen-bond donors (Lipinski definition) is 1. The third-order valence-corrected chi connectivity index (χ3v) is 7.46. The fourth-order valence-electron chi connectivity index (χ4n) is 5.65. The molecule has 6 heteroatoms. The zero-order chi connectivity index (χ0) is 22.8. The first kappa shape index (κ1) is 22.1. The topological polar surface area (TPSA) is 71.3 Å². The molecule has 2 fully saturated rings. The Labute approximate surface area is 195 Å². The summed E-state index contributed by atoms with van der Waals surface area (Å²) in [4.78, 5) is 21.0. The Morgan fingerprint density at radius 1 is 1.09 bits per heavy atom. The van der Waals surface area contributed by atoms with E-state index in [4.69, 9.17) is 9.51 Å². The summed E-state index contributed by atoms with van der Waals surface area (Å²) in [6.07, 6.45) is 8.83. The summed E-state index contributed by atoms with van der Waals surface area (Å²) < 4.78 is 5.52. The molecule has 1 aliphatic heterocycles. The predicted molar refractivity (Wildman–Crippen MR) is 130 cm³/mol. The van der Waals surface area contributed by atoms with Crippen molar-refractivity contribution in [3.63, 3.8) is 0 Å². The summed E-state index contributed by atoms with van der Waals surface area (Å²) in [5.41, 5.74) is 2.09. The number of amides is 1. The van der Waals surface area contributed by atoms with Crippen LogP contribution in [-0.2, 0) is 4.79 Å². The maximum Gasteiger partial charge on any atom is 0.231 e. The molecule has 0 spiro atoms. The molecule has 1 aromatic carbocycles. The highest BCUT2D eigenvalue weighted by molar-refractivity contribution is 6.04. The van der Waals surface area contributed by atoms with Crippen molar-refractivity contribution in [2.45, 2.75) is 70.8 Å². The largest absolute Gasteiger partial charge is 0.361 e. The third-order valence-electron chi connectivity index (χ3n) is 7.46. The van der Waals surface area contributed by atoms with E-state index < -0.39 is 0 Å². The number of aromatic nitrogens is 2. The smallest absolute Gasteiger partial charge is 0.231 e. The highest BCUT2D eigenvalue weighted by Crippen LogP contribution is 2.39. The molecule has 0 radical (unpaired) electrons. The molecule has 1 aliphatic carbocycles. The molecule has 2 aliphatic rings. The Morgan fingerprint density at radius 3 is 2.73 bits per heavy atom. The van der Waals surface area contributed by atoms with Gasteiger partial charge in [0.15, 0.2) is 0 Å². The maximum absolute atomic E-state index is 14.1. The lowest BCUT2D eigenvalue weighted by atomic mass is 9.80. The first-order chi connectivity index (χ1) is 16.1. The van der Waals surface area contributed by atoms with Gasteiger partial charge in [-0.15, -0.1) is 0 Å². The molecule has 5 rings (SSSR count). The molecule has 0 unspecified atom stereocenters. The van der Waals surface area contributed by atoms with Crippen molar-refractivity contribution in [1.82, 2.24) is 15.5 Å². The van der Waals surface area contributed by atoms with Crippen molar-refractivity contribution in [1.29, 1.82) is 0 Å². The Balaban J connectivity index is 1.45. The van der Waals surface area contributed by atoms with Crippen LogP contribution in [0.15, 0.2) is 41.1 Å². The van der Waals surface area contributed by atoms with Gasteiger partial charge in [0.05, 0.1) is 11.7 Å². The van der Waals surface area contributed by atoms with E-state index in [1.165, 1.54) is 5.56 Å². The minimum absolute atomic E-state index is 0.0228. The summed E-state index contributed by atoms with van der Waals surface area (Å²) >= 11 is 0. The molecule has 3 heterocycles. The van der Waals surface area contributed by atoms with E-state index in [1.807, 2.05) is 25.3 Å². The number of pyridine rings is 1. The molecule has 1 saturated carbocycles. The maximum atomic E-state index is 14.1. The summed E-state index contributed by atoms with van der Waals surface area (Å²) in [6.45, 7) is 5.91. The molecule has 1 N–H and O–H groups in total. The number of anilines is 1. The van der Waals surface area contributed by atoms with Crippen molar-refractivity contribution < 1.29 is 9.32 Å². The number of fused-ring (bicyclic) bond motifs is 1. The van der Waals surface area contributed by atoms with Gasteiger partial charge in [-0.05, 0) is 75.9 Å². The lowest BCUT2D eigenvalue weighted by Crippen LogP contribution is -2.48. The average Bonchev–Trinajstić information content (AvgIpc) is 3.09. The van der Waals surface area contributed by atoms with E-state index in [0.29, 0.717) is 5.92 Å². The third kappa shape index (κ3) is 4.54. The van der Waals surface area contributed by atoms with Crippen molar-refractivity contribution in [2.75, 3.05) is 18.0 Å². The quantitative estimate of drug-likeness (QED) is 0.590. The van der Waals surface area contributed by atoms with Crippen LogP contribution in [0, 0.1) is 19.8 Å². The van der Waals surface area contributed by atoms with Crippen LogP contribution in [0.3, 0.4) is 0 Å². The number of aryl methyl sites for hydroxylation is 2. The standard InChI is InChI=1S/C27H34N4O2/c1-18-6-5-7-21-13-15-29-26(25(18)21)31(23-8-3-4-14-28-17-23)27(32)22-11-9-20(10-12-22)24-16-19(2)30-33-24/h5-7,13,15-16,20,22-23,28H,3-4,8-12,14,17H2,1-2H3/t20?,22?,23-/m1/s1. The molecule has 1 amide bonds. The summed E-state index contributed by atoms with van der Waals surface area (Å²) in [7, 11) is 0. The molecule has 33 heavy (non-hydrogen) atoms. The van der Waals surface area contributed by atoms with Gasteiger partial charge in [0, 0.05) is 36.0 Å². The SMILES string of the molecule is Cc1cc(C2CCC(C(=O)N(c3nccc4cccc(C)c34)[C@@H]3CCCCNC3)CC2)on1. The Morgan fingerprint density at radius 2 is 1.94 bits per heavy atom. The summed E-state index contributed by atoms with van der Waals surface area (Å²) in [5, 5.41) is 9.86. The molecule has 1 saturated heterocycles. The molecule has 3 aromatic rings. The van der Waals surface area contributed by atoms with Gasteiger partial charge in [0.1, 0.15) is 11.6 Å². The highest BCUT2D eigenvalue weighted by Gasteiger charge is 2.36. The van der Waals surface area contributed by atoms with E-state index in [-0.39, 0.29) is 17.9 Å². The van der Waals surface area contributed by atoms with Crippen LogP contribution in [0.4, 0.5) is 5.82 Å². The zero-order valence-electron chi connectivity index (χ0n) is 19.7. The lowest BCUT2D eigenvalue weighted by Gasteiger charge is -2.36. The molecular formula is C27H34N4O2. The van der Waals surface area contributed by atoms with Crippen molar-refractivity contribution in [2.24, 2.45) is 5.92 Å². The normalized spacial score (nSPS) is 23.9. The Kier molecular flexibility index (Phi) is 6.45. The molecule has 1 atom stereocenters. The second kappa shape index (κ2) is 9.64.